The number of carbonyl (C=O) groups is 2. The van der Waals surface area contributed by atoms with E-state index in [4.69, 9.17) is 9.63 Å². The Labute approximate surface area is 114 Å². The van der Waals surface area contributed by atoms with Gasteiger partial charge in [-0.1, -0.05) is 5.16 Å². The van der Waals surface area contributed by atoms with Crippen LogP contribution in [0.5, 0.6) is 0 Å². The Morgan fingerprint density at radius 2 is 2.20 bits per heavy atom. The van der Waals surface area contributed by atoms with Gasteiger partial charge in [0, 0.05) is 17.7 Å². The Balaban J connectivity index is 1.79. The van der Waals surface area contributed by atoms with Gasteiger partial charge in [0.15, 0.2) is 5.69 Å². The Kier molecular flexibility index (Phi) is 2.81. The van der Waals surface area contributed by atoms with E-state index in [2.05, 4.69) is 15.5 Å². The molecule has 2 aromatic rings. The van der Waals surface area contributed by atoms with E-state index in [9.17, 15) is 9.59 Å². The second kappa shape index (κ2) is 4.52. The first-order chi connectivity index (χ1) is 9.54. The largest absolute Gasteiger partial charge is 0.477 e. The number of nitrogens with one attached hydrogen (secondary N) is 2. The minimum absolute atomic E-state index is 0.0539. The Bertz CT molecular complexity index is 682. The van der Waals surface area contributed by atoms with Crippen LogP contribution in [0.25, 0.3) is 0 Å². The molecule has 7 heteroatoms. The zero-order valence-electron chi connectivity index (χ0n) is 10.8. The van der Waals surface area contributed by atoms with E-state index in [-0.39, 0.29) is 17.1 Å². The van der Waals surface area contributed by atoms with E-state index in [0.717, 1.165) is 12.8 Å². The first-order valence-electron chi connectivity index (χ1n) is 6.25. The van der Waals surface area contributed by atoms with Crippen LogP contribution in [0.2, 0.25) is 0 Å². The smallest absolute Gasteiger partial charge is 0.354 e. The lowest BCUT2D eigenvalue weighted by molar-refractivity contribution is 0.0692. The number of carboxylic acids is 1. The van der Waals surface area contributed by atoms with Crippen LogP contribution in [0.1, 0.15) is 51.2 Å². The van der Waals surface area contributed by atoms with Crippen molar-refractivity contribution < 1.29 is 19.2 Å². The number of anilines is 1. The number of carboxylic acid groups (broad SMARTS) is 1. The van der Waals surface area contributed by atoms with Crippen LogP contribution in [0.15, 0.2) is 16.7 Å². The molecule has 0 saturated heterocycles. The number of H-pyrrole nitrogens is 1. The Morgan fingerprint density at radius 1 is 1.45 bits per heavy atom. The van der Waals surface area contributed by atoms with Gasteiger partial charge < -0.3 is 19.9 Å². The van der Waals surface area contributed by atoms with E-state index in [0.29, 0.717) is 17.4 Å². The van der Waals surface area contributed by atoms with Crippen LogP contribution in [0.4, 0.5) is 5.69 Å². The molecule has 0 unspecified atom stereocenters. The fourth-order valence-electron chi connectivity index (χ4n) is 2.00. The van der Waals surface area contributed by atoms with Crippen molar-refractivity contribution in [2.75, 3.05) is 5.32 Å². The average Bonchev–Trinajstić information content (AvgIpc) is 2.99. The quantitative estimate of drug-likeness (QED) is 0.792. The number of amides is 1. The molecular weight excluding hydrogens is 262 g/mol. The van der Waals surface area contributed by atoms with E-state index in [1.54, 1.807) is 19.1 Å². The summed E-state index contributed by atoms with van der Waals surface area (Å²) in [6.07, 6.45) is 2.10. The van der Waals surface area contributed by atoms with Crippen molar-refractivity contribution in [2.45, 2.75) is 25.7 Å². The second-order valence-electron chi connectivity index (χ2n) is 4.89. The monoisotopic (exact) mass is 275 g/mol. The number of hydrogen-bond acceptors (Lipinski definition) is 4. The van der Waals surface area contributed by atoms with Gasteiger partial charge >= 0.3 is 5.97 Å². The molecule has 0 radical (unpaired) electrons. The van der Waals surface area contributed by atoms with Crippen LogP contribution < -0.4 is 5.32 Å². The molecule has 3 N–H and O–H groups in total. The lowest BCUT2D eigenvalue weighted by Gasteiger charge is -2.00. The molecule has 1 fully saturated rings. The fraction of sp³-hybridized carbons (Fsp3) is 0.308. The molecule has 104 valence electrons. The lowest BCUT2D eigenvalue weighted by atomic mass is 10.2. The summed E-state index contributed by atoms with van der Waals surface area (Å²) in [4.78, 5) is 25.7. The fourth-order valence-corrected chi connectivity index (χ4v) is 2.00. The number of aryl methyl sites for hydroxylation is 1. The number of aromatic nitrogens is 2. The molecule has 20 heavy (non-hydrogen) atoms. The summed E-state index contributed by atoms with van der Waals surface area (Å²) in [6.45, 7) is 1.71. The van der Waals surface area contributed by atoms with Gasteiger partial charge in [0.1, 0.15) is 11.5 Å². The number of hydrogen-bond donors (Lipinski definition) is 3. The maximum Gasteiger partial charge on any atom is 0.354 e. The van der Waals surface area contributed by atoms with E-state index in [1.165, 1.54) is 0 Å². The van der Waals surface area contributed by atoms with Crippen LogP contribution in [0.3, 0.4) is 0 Å². The highest BCUT2D eigenvalue weighted by Gasteiger charge is 2.29. The van der Waals surface area contributed by atoms with Crippen molar-refractivity contribution in [3.05, 3.63) is 35.0 Å². The molecule has 2 aromatic heterocycles. The lowest BCUT2D eigenvalue weighted by Crippen LogP contribution is -2.14. The first kappa shape index (κ1) is 12.5. The summed E-state index contributed by atoms with van der Waals surface area (Å²) in [5.41, 5.74) is 0.969. The molecule has 0 aromatic carbocycles. The molecule has 0 bridgehead atoms. The summed E-state index contributed by atoms with van der Waals surface area (Å²) >= 11 is 0. The molecular formula is C13H13N3O4. The molecule has 0 aliphatic heterocycles. The standard InChI is InChI=1S/C13H13N3O4/c1-6-4-8(11(14-6)13(18)19)15-12(17)9-5-10(20-16-9)7-2-3-7/h4-5,7,14H,2-3H2,1H3,(H,15,17)(H,18,19). The first-order valence-corrected chi connectivity index (χ1v) is 6.25. The summed E-state index contributed by atoms with van der Waals surface area (Å²) in [6, 6.07) is 3.16. The summed E-state index contributed by atoms with van der Waals surface area (Å²) < 4.78 is 5.10. The van der Waals surface area contributed by atoms with Crippen molar-refractivity contribution >= 4 is 17.6 Å². The normalized spacial score (nSPS) is 14.2. The maximum atomic E-state index is 12.0. The van der Waals surface area contributed by atoms with Crippen LogP contribution in [-0.4, -0.2) is 27.1 Å². The van der Waals surface area contributed by atoms with Gasteiger partial charge in [-0.2, -0.15) is 0 Å². The van der Waals surface area contributed by atoms with Crippen molar-refractivity contribution in [2.24, 2.45) is 0 Å². The highest BCUT2D eigenvalue weighted by Crippen LogP contribution is 2.40. The second-order valence-corrected chi connectivity index (χ2v) is 4.89. The highest BCUT2D eigenvalue weighted by atomic mass is 16.5. The zero-order valence-corrected chi connectivity index (χ0v) is 10.8. The molecule has 2 heterocycles. The van der Waals surface area contributed by atoms with E-state index < -0.39 is 11.9 Å². The molecule has 0 atom stereocenters. The third-order valence-corrected chi connectivity index (χ3v) is 3.16. The predicted molar refractivity (Wildman–Crippen MR) is 68.9 cm³/mol. The third kappa shape index (κ3) is 2.29. The van der Waals surface area contributed by atoms with Crippen molar-refractivity contribution in [1.29, 1.82) is 0 Å². The van der Waals surface area contributed by atoms with Gasteiger partial charge in [-0.15, -0.1) is 0 Å². The molecule has 0 spiro atoms. The average molecular weight is 275 g/mol. The topological polar surface area (TPSA) is 108 Å². The third-order valence-electron chi connectivity index (χ3n) is 3.16. The molecule has 1 aliphatic carbocycles. The minimum Gasteiger partial charge on any atom is -0.477 e. The Hall–Kier alpha value is -2.57. The number of aromatic amines is 1. The number of rotatable bonds is 4. The van der Waals surface area contributed by atoms with Crippen molar-refractivity contribution in [3.8, 4) is 0 Å². The van der Waals surface area contributed by atoms with Crippen molar-refractivity contribution in [1.82, 2.24) is 10.1 Å². The SMILES string of the molecule is Cc1cc(NC(=O)c2cc(C3CC3)on2)c(C(=O)O)[nH]1. The van der Waals surface area contributed by atoms with Gasteiger partial charge in [0.05, 0.1) is 5.69 Å². The van der Waals surface area contributed by atoms with Crippen LogP contribution in [0, 0.1) is 6.92 Å². The summed E-state index contributed by atoms with van der Waals surface area (Å²) in [7, 11) is 0. The van der Waals surface area contributed by atoms with Gasteiger partial charge in [0.25, 0.3) is 5.91 Å². The summed E-state index contributed by atoms with van der Waals surface area (Å²) in [5, 5.41) is 15.3. The molecule has 1 saturated carbocycles. The maximum absolute atomic E-state index is 12.0. The molecule has 1 aliphatic rings. The van der Waals surface area contributed by atoms with Crippen LogP contribution >= 0.6 is 0 Å². The summed E-state index contributed by atoms with van der Waals surface area (Å²) in [5.74, 6) is -0.540. The van der Waals surface area contributed by atoms with E-state index in [1.807, 2.05) is 0 Å². The van der Waals surface area contributed by atoms with Crippen molar-refractivity contribution in [3.63, 3.8) is 0 Å². The number of carbonyl (C=O) groups excluding carboxylic acids is 1. The molecule has 3 rings (SSSR count). The number of aromatic carboxylic acids is 1. The van der Waals surface area contributed by atoms with Crippen LogP contribution in [-0.2, 0) is 0 Å². The van der Waals surface area contributed by atoms with Gasteiger partial charge in [-0.25, -0.2) is 4.79 Å². The molecule has 7 nitrogen and oxygen atoms in total. The predicted octanol–water partition coefficient (Wildman–Crippen LogP) is 2.14. The Morgan fingerprint density at radius 3 is 2.85 bits per heavy atom. The molecule has 1 amide bonds. The highest BCUT2D eigenvalue weighted by molar-refractivity contribution is 6.06. The zero-order chi connectivity index (χ0) is 14.3. The van der Waals surface area contributed by atoms with Gasteiger partial charge in [-0.3, -0.25) is 4.79 Å². The minimum atomic E-state index is -1.13. The van der Waals surface area contributed by atoms with Gasteiger partial charge in [-0.05, 0) is 25.8 Å². The number of nitrogens with zero attached hydrogens (tertiary/aromatic N) is 1. The van der Waals surface area contributed by atoms with Gasteiger partial charge in [0.2, 0.25) is 0 Å². The van der Waals surface area contributed by atoms with E-state index >= 15 is 0 Å².